The van der Waals surface area contributed by atoms with Crippen LogP contribution in [0.5, 0.6) is 5.75 Å². The molecule has 3 aromatic rings. The third-order valence-corrected chi connectivity index (χ3v) is 10.8. The first-order valence-electron chi connectivity index (χ1n) is 18.2. The molecule has 2 heterocycles. The van der Waals surface area contributed by atoms with Gasteiger partial charge in [0.1, 0.15) is 24.1 Å². The van der Waals surface area contributed by atoms with Gasteiger partial charge < -0.3 is 40.0 Å². The van der Waals surface area contributed by atoms with E-state index in [0.717, 1.165) is 59.3 Å². The maximum Gasteiger partial charge on any atom is 0.220 e. The Morgan fingerprint density at radius 3 is 2.46 bits per heavy atom. The van der Waals surface area contributed by atoms with Crippen LogP contribution in [0, 0.1) is 0 Å². The summed E-state index contributed by atoms with van der Waals surface area (Å²) in [5.74, 6) is 0.588. The number of morpholine rings is 1. The van der Waals surface area contributed by atoms with Crippen molar-refractivity contribution in [1.82, 2.24) is 15.2 Å². The summed E-state index contributed by atoms with van der Waals surface area (Å²) in [5.41, 5.74) is 4.32. The van der Waals surface area contributed by atoms with Crippen molar-refractivity contribution < 1.29 is 39.4 Å². The Bertz CT molecular complexity index is 1650. The Hall–Kier alpha value is -2.84. The zero-order chi connectivity index (χ0) is 36.7. The third-order valence-electron chi connectivity index (χ3n) is 10.1. The van der Waals surface area contributed by atoms with Crippen LogP contribution in [0.3, 0.4) is 0 Å². The van der Waals surface area contributed by atoms with E-state index in [9.17, 15) is 25.2 Å². The lowest BCUT2D eigenvalue weighted by molar-refractivity contribution is -0.126. The highest BCUT2D eigenvalue weighted by Gasteiger charge is 2.48. The van der Waals surface area contributed by atoms with Crippen LogP contribution in [0.1, 0.15) is 61.6 Å². The number of hydrogen-bond acceptors (Lipinski definition) is 10. The van der Waals surface area contributed by atoms with Gasteiger partial charge in [0, 0.05) is 59.6 Å². The second-order valence-corrected chi connectivity index (χ2v) is 14.9. The van der Waals surface area contributed by atoms with E-state index >= 15 is 0 Å². The molecule has 0 radical (unpaired) electrons. The summed E-state index contributed by atoms with van der Waals surface area (Å²) in [5, 5.41) is 44.2. The molecule has 1 amide bonds. The minimum atomic E-state index is -1.62. The van der Waals surface area contributed by atoms with Crippen molar-refractivity contribution in [2.24, 2.45) is 0 Å². The van der Waals surface area contributed by atoms with Crippen molar-refractivity contribution >= 4 is 29.1 Å². The van der Waals surface area contributed by atoms with Gasteiger partial charge in [-0.25, -0.2) is 0 Å². The van der Waals surface area contributed by atoms with Gasteiger partial charge >= 0.3 is 0 Å². The van der Waals surface area contributed by atoms with Gasteiger partial charge in [0.15, 0.2) is 0 Å². The molecule has 13 heteroatoms. The normalized spacial score (nSPS) is 19.4. The number of nitrogens with zero attached hydrogens (tertiary/aromatic N) is 2. The Morgan fingerprint density at radius 1 is 1.00 bits per heavy atom. The molecule has 1 aromatic heterocycles. The molecule has 11 nitrogen and oxygen atoms in total. The number of pyridine rings is 1. The number of para-hydroxylation sites is 1. The van der Waals surface area contributed by atoms with Crippen molar-refractivity contribution in [3.63, 3.8) is 0 Å². The number of halogens is 2. The first-order chi connectivity index (χ1) is 25.2. The molecular formula is C39H49Cl2N3O8. The van der Waals surface area contributed by atoms with E-state index in [1.807, 2.05) is 47.5 Å². The molecule has 2 saturated carbocycles. The Balaban J connectivity index is 1.02. The molecule has 0 bridgehead atoms. The summed E-state index contributed by atoms with van der Waals surface area (Å²) in [7, 11) is 0. The number of aryl methyl sites for hydroxylation is 1. The number of carbonyl (C=O) groups excluding carboxylic acids is 1. The number of amides is 1. The molecule has 0 spiro atoms. The van der Waals surface area contributed by atoms with Crippen LogP contribution in [-0.4, -0.2) is 106 Å². The van der Waals surface area contributed by atoms with Gasteiger partial charge in [-0.2, -0.15) is 0 Å². The van der Waals surface area contributed by atoms with Crippen LogP contribution in [-0.2, 0) is 32.9 Å². The summed E-state index contributed by atoms with van der Waals surface area (Å²) in [6, 6.07) is 13.0. The number of hydrogen-bond donors (Lipinski definition) is 5. The Morgan fingerprint density at radius 2 is 1.73 bits per heavy atom. The van der Waals surface area contributed by atoms with Gasteiger partial charge in [-0.05, 0) is 85.9 Å². The smallest absolute Gasteiger partial charge is 0.220 e. The average Bonchev–Trinajstić information content (AvgIpc) is 4.11. The fourth-order valence-electron chi connectivity index (χ4n) is 6.66. The highest BCUT2D eigenvalue weighted by Crippen LogP contribution is 2.53. The fraction of sp³-hybridized carbons (Fsp3) is 0.538. The largest absolute Gasteiger partial charge is 0.490 e. The fourth-order valence-corrected chi connectivity index (χ4v) is 7.18. The first-order valence-corrected chi connectivity index (χ1v) is 19.0. The van der Waals surface area contributed by atoms with Crippen LogP contribution in [0.2, 0.25) is 10.0 Å². The highest BCUT2D eigenvalue weighted by molar-refractivity contribution is 6.34. The van der Waals surface area contributed by atoms with E-state index in [1.165, 1.54) is 0 Å². The maximum atomic E-state index is 12.9. The van der Waals surface area contributed by atoms with Crippen LogP contribution in [0.4, 0.5) is 0 Å². The van der Waals surface area contributed by atoms with Gasteiger partial charge in [-0.3, -0.25) is 14.7 Å². The molecule has 1 saturated heterocycles. The number of ether oxygens (including phenoxy) is 3. The van der Waals surface area contributed by atoms with Gasteiger partial charge in [0.25, 0.3) is 0 Å². The summed E-state index contributed by atoms with van der Waals surface area (Å²) >= 11 is 13.5. The number of benzene rings is 2. The van der Waals surface area contributed by atoms with Crippen molar-refractivity contribution in [2.45, 2.75) is 94.0 Å². The number of aliphatic hydroxyl groups excluding tert-OH is 4. The summed E-state index contributed by atoms with van der Waals surface area (Å²) < 4.78 is 18.2. The van der Waals surface area contributed by atoms with Crippen LogP contribution >= 0.6 is 23.2 Å². The van der Waals surface area contributed by atoms with Crippen LogP contribution < -0.4 is 10.1 Å². The zero-order valence-corrected chi connectivity index (χ0v) is 30.8. The number of aromatic nitrogens is 1. The summed E-state index contributed by atoms with van der Waals surface area (Å²) in [6.07, 6.45) is 5.29. The van der Waals surface area contributed by atoms with Gasteiger partial charge in [0.2, 0.25) is 5.91 Å². The van der Waals surface area contributed by atoms with Gasteiger partial charge in [-0.1, -0.05) is 41.4 Å². The number of aliphatic hydroxyl groups is 4. The second-order valence-electron chi connectivity index (χ2n) is 14.1. The van der Waals surface area contributed by atoms with Crippen molar-refractivity contribution in [3.05, 3.63) is 81.6 Å². The second kappa shape index (κ2) is 18.0. The minimum absolute atomic E-state index is 0.192. The molecule has 3 aliphatic rings. The molecule has 2 aliphatic carbocycles. The topological polar surface area (TPSA) is 154 Å². The average molecular weight is 759 g/mol. The molecule has 282 valence electrons. The van der Waals surface area contributed by atoms with Crippen molar-refractivity contribution in [3.8, 4) is 16.9 Å². The number of carbonyl (C=O) groups is 1. The molecule has 3 fully saturated rings. The summed E-state index contributed by atoms with van der Waals surface area (Å²) in [6.45, 7) is 2.12. The number of nitrogens with one attached hydrogen (secondary N) is 1. The van der Waals surface area contributed by atoms with Gasteiger partial charge in [-0.15, -0.1) is 0 Å². The minimum Gasteiger partial charge on any atom is -0.490 e. The van der Waals surface area contributed by atoms with E-state index in [2.05, 4.69) is 16.4 Å². The van der Waals surface area contributed by atoms with E-state index in [-0.39, 0.29) is 31.6 Å². The van der Waals surface area contributed by atoms with Gasteiger partial charge in [0.05, 0.1) is 44.2 Å². The van der Waals surface area contributed by atoms with E-state index in [4.69, 9.17) is 37.4 Å². The predicted octanol–water partition coefficient (Wildman–Crippen LogP) is 4.41. The first kappa shape index (κ1) is 38.9. The van der Waals surface area contributed by atoms with Crippen molar-refractivity contribution in [1.29, 1.82) is 0 Å². The Labute approximate surface area is 314 Å². The molecule has 4 atom stereocenters. The third kappa shape index (κ3) is 10.0. The summed E-state index contributed by atoms with van der Waals surface area (Å²) in [4.78, 5) is 19.4. The van der Waals surface area contributed by atoms with Crippen LogP contribution in [0.25, 0.3) is 11.1 Å². The van der Waals surface area contributed by atoms with Crippen molar-refractivity contribution in [2.75, 3.05) is 39.5 Å². The molecule has 1 aliphatic heterocycles. The van der Waals surface area contributed by atoms with Crippen LogP contribution in [0.15, 0.2) is 54.9 Å². The highest BCUT2D eigenvalue weighted by atomic mass is 35.5. The molecule has 5 N–H and O–H groups in total. The zero-order valence-electron chi connectivity index (χ0n) is 29.3. The molecular weight excluding hydrogens is 709 g/mol. The van der Waals surface area contributed by atoms with E-state index in [1.54, 1.807) is 6.20 Å². The van der Waals surface area contributed by atoms with E-state index < -0.39 is 36.6 Å². The molecule has 0 unspecified atom stereocenters. The maximum absolute atomic E-state index is 12.9. The standard InChI is InChI=1S/C39H49Cl2N3O8/c40-31-20-26(24-51-39(12-13-39)30-21-42-14-11-28(30)29-6-2-3-7-35(29)52-27-9-10-27)32(41)19-25(31)5-1-4-8-36(47)43-33(22-44-15-17-50-18-16-44)37(48)38(49)34(46)23-45/h2-3,6-7,11,14,19-21,27,33-34,37-38,45-46,48-49H,1,4-5,8-10,12-13,15-18,22-24H2,(H,43,47)/t33-,34+,37+,38+/m1/s1. The number of rotatable bonds is 19. The lowest BCUT2D eigenvalue weighted by atomic mass is 9.96. The Kier molecular flexibility index (Phi) is 13.4. The molecule has 2 aromatic carbocycles. The molecule has 6 rings (SSSR count). The van der Waals surface area contributed by atoms with E-state index in [0.29, 0.717) is 55.6 Å². The lowest BCUT2D eigenvalue weighted by Gasteiger charge is -2.35. The monoisotopic (exact) mass is 757 g/mol. The predicted molar refractivity (Wildman–Crippen MR) is 197 cm³/mol. The SMILES string of the molecule is O=C(CCCCc1cc(Cl)c(COC2(c3cnccc3-c3ccccc3OC3CC3)CC2)cc1Cl)N[C@H](CN1CCOCC1)[C@H](O)[C@@H](O)[C@@H](O)CO. The quantitative estimate of drug-likeness (QED) is 0.111. The molecule has 52 heavy (non-hydrogen) atoms. The lowest BCUT2D eigenvalue weighted by Crippen LogP contribution is -2.57. The number of unbranched alkanes of at least 4 members (excludes halogenated alkanes) is 1.